The van der Waals surface area contributed by atoms with Crippen molar-refractivity contribution in [1.82, 2.24) is 4.98 Å². The Kier molecular flexibility index (Phi) is 13.8. The van der Waals surface area contributed by atoms with Crippen molar-refractivity contribution in [2.45, 2.75) is 105 Å². The number of hydrogen-bond donors (Lipinski definition) is 1. The Morgan fingerprint density at radius 2 is 1.62 bits per heavy atom. The molecule has 47 heavy (non-hydrogen) atoms. The van der Waals surface area contributed by atoms with Gasteiger partial charge < -0.3 is 5.11 Å². The average molecular weight is 937 g/mol. The minimum absolute atomic E-state index is 0. The fraction of sp³-hybridized carbons (Fsp3) is 0.463. The second-order valence-electron chi connectivity index (χ2n) is 15.2. The summed E-state index contributed by atoms with van der Waals surface area (Å²) in [5.74, 6) is 7.96. The third-order valence-electron chi connectivity index (χ3n) is 9.27. The summed E-state index contributed by atoms with van der Waals surface area (Å²) in [7, 11) is 0. The summed E-state index contributed by atoms with van der Waals surface area (Å²) in [5.41, 5.74) is 5.52. The number of aryl methyl sites for hydroxylation is 1. The van der Waals surface area contributed by atoms with Gasteiger partial charge in [0.05, 0.1) is 5.76 Å². The summed E-state index contributed by atoms with van der Waals surface area (Å²) in [6, 6.07) is 17.9. The molecule has 1 radical (unpaired) electrons. The van der Waals surface area contributed by atoms with Crippen LogP contribution in [0.3, 0.4) is 0 Å². The van der Waals surface area contributed by atoms with Crippen LogP contribution >= 0.6 is 0 Å². The molecule has 0 spiro atoms. The van der Waals surface area contributed by atoms with Crippen molar-refractivity contribution in [2.75, 3.05) is 0 Å². The van der Waals surface area contributed by atoms with Crippen LogP contribution in [0.4, 0.5) is 0 Å². The molecule has 0 aliphatic carbocycles. The van der Waals surface area contributed by atoms with Gasteiger partial charge >= 0.3 is 196 Å². The Hall–Kier alpha value is -1.75. The zero-order valence-corrected chi connectivity index (χ0v) is 36.6. The molecule has 1 aliphatic heterocycles. The zero-order valence-electron chi connectivity index (χ0n) is 30.4. The number of benzene rings is 3. The van der Waals surface area contributed by atoms with E-state index in [1.807, 2.05) is 33.9 Å². The van der Waals surface area contributed by atoms with E-state index in [4.69, 9.17) is 4.98 Å². The Labute approximate surface area is 306 Å². The molecule has 3 aromatic carbocycles. The molecule has 1 aromatic heterocycles. The number of pyridine rings is 1. The van der Waals surface area contributed by atoms with E-state index >= 15 is 0 Å². The molecule has 0 amide bonds. The molecule has 3 nitrogen and oxygen atoms in total. The monoisotopic (exact) mass is 939 g/mol. The Morgan fingerprint density at radius 1 is 0.979 bits per heavy atom. The zero-order chi connectivity index (χ0) is 34.0. The minimum Gasteiger partial charge on any atom is 0 e. The molecule has 0 bridgehead atoms. The number of aromatic nitrogens is 1. The van der Waals surface area contributed by atoms with Gasteiger partial charge in [0.1, 0.15) is 0 Å². The van der Waals surface area contributed by atoms with Gasteiger partial charge in [-0.2, -0.15) is 0 Å². The standard InChI is InChI=1S/C28H30GeNSe.C13H24O2.Ir/c1-17-22-15-21(29(5,6)7)9-8-19(22)14-23-26-25-20(10-11-30-26)12-18(16-28(2,3)4)13-24(25)31-27(17)23;1-5-10(6-2)12(14)9-13(15)11(7-3)8-4;/h8-13,15H,16H2,1-7H3;9-11,14H,5-8H2,1-4H3;/q-1;;/b;12-9-;. The van der Waals surface area contributed by atoms with Crippen LogP contribution in [0, 0.1) is 30.2 Å². The Morgan fingerprint density at radius 3 is 2.19 bits per heavy atom. The van der Waals surface area contributed by atoms with Crippen LogP contribution in [0.5, 0.6) is 0 Å². The van der Waals surface area contributed by atoms with E-state index in [1.165, 1.54) is 53.2 Å². The van der Waals surface area contributed by atoms with Crippen molar-refractivity contribution in [1.29, 1.82) is 0 Å². The molecular weight excluding hydrogens is 882 g/mol. The van der Waals surface area contributed by atoms with Gasteiger partial charge in [0, 0.05) is 38.0 Å². The van der Waals surface area contributed by atoms with E-state index < -0.39 is 13.3 Å². The fourth-order valence-electron chi connectivity index (χ4n) is 6.44. The van der Waals surface area contributed by atoms with Crippen molar-refractivity contribution in [3.8, 4) is 11.3 Å². The van der Waals surface area contributed by atoms with Gasteiger partial charge in [0.25, 0.3) is 0 Å². The summed E-state index contributed by atoms with van der Waals surface area (Å²) >= 11 is -1.61. The van der Waals surface area contributed by atoms with Crippen LogP contribution in [0.25, 0.3) is 32.8 Å². The van der Waals surface area contributed by atoms with E-state index in [0.717, 1.165) is 37.8 Å². The van der Waals surface area contributed by atoms with E-state index in [-0.39, 0.29) is 63.9 Å². The summed E-state index contributed by atoms with van der Waals surface area (Å²) in [6.07, 6.45) is 7.98. The number of hydrogen-bond acceptors (Lipinski definition) is 3. The number of rotatable bonds is 9. The van der Waals surface area contributed by atoms with Gasteiger partial charge in [-0.25, -0.2) is 0 Å². The molecule has 6 heteroatoms. The van der Waals surface area contributed by atoms with Crippen LogP contribution < -0.4 is 13.3 Å². The largest absolute Gasteiger partial charge is 0 e. The van der Waals surface area contributed by atoms with Gasteiger partial charge in [-0.1, -0.05) is 27.7 Å². The maximum absolute atomic E-state index is 11.7. The maximum atomic E-state index is 11.7. The van der Waals surface area contributed by atoms with E-state index in [0.29, 0.717) is 0 Å². The van der Waals surface area contributed by atoms with Crippen LogP contribution in [0.15, 0.2) is 54.4 Å². The number of carbonyl (C=O) groups excluding carboxylic acids is 1. The second kappa shape index (κ2) is 16.3. The number of aliphatic hydroxyl groups excluding tert-OH is 1. The van der Waals surface area contributed by atoms with Crippen molar-refractivity contribution in [3.63, 3.8) is 0 Å². The van der Waals surface area contributed by atoms with Gasteiger partial charge in [0.15, 0.2) is 5.78 Å². The van der Waals surface area contributed by atoms with E-state index in [9.17, 15) is 9.90 Å². The molecule has 5 rings (SSSR count). The molecule has 255 valence electrons. The van der Waals surface area contributed by atoms with Gasteiger partial charge in [-0.15, -0.1) is 0 Å². The van der Waals surface area contributed by atoms with Crippen molar-refractivity contribution in [3.05, 3.63) is 71.6 Å². The first-order valence-corrected chi connectivity index (χ1v) is 26.2. The van der Waals surface area contributed by atoms with Crippen molar-refractivity contribution >= 4 is 68.9 Å². The number of aliphatic hydroxyl groups is 1. The maximum Gasteiger partial charge on any atom is 0 e. The number of carbonyl (C=O) groups is 1. The van der Waals surface area contributed by atoms with Gasteiger partial charge in [-0.3, -0.25) is 4.79 Å². The first-order chi connectivity index (χ1) is 21.6. The predicted molar refractivity (Wildman–Crippen MR) is 203 cm³/mol. The smallest absolute Gasteiger partial charge is 0 e. The quantitative estimate of drug-likeness (QED) is 0.0695. The summed E-state index contributed by atoms with van der Waals surface area (Å²) < 4.78 is 4.53. The number of allylic oxidation sites excluding steroid dienone is 2. The summed E-state index contributed by atoms with van der Waals surface area (Å²) in [4.78, 5) is 16.6. The van der Waals surface area contributed by atoms with Crippen LogP contribution in [0.1, 0.15) is 85.3 Å². The van der Waals surface area contributed by atoms with Crippen LogP contribution in [-0.4, -0.2) is 44.1 Å². The van der Waals surface area contributed by atoms with Crippen LogP contribution in [-0.2, 0) is 31.3 Å². The first-order valence-electron chi connectivity index (χ1n) is 17.2. The fourth-order valence-corrected chi connectivity index (χ4v) is 11.5. The third kappa shape index (κ3) is 9.28. The Bertz CT molecular complexity index is 1760. The molecule has 0 saturated heterocycles. The normalized spacial score (nSPS) is 13.0. The molecule has 0 saturated carbocycles. The van der Waals surface area contributed by atoms with E-state index in [1.54, 1.807) is 4.40 Å². The number of nitrogens with zero attached hydrogens (tertiary/aromatic N) is 1. The molecule has 0 unspecified atom stereocenters. The summed E-state index contributed by atoms with van der Waals surface area (Å²) in [6.45, 7) is 17.4. The molecule has 4 aromatic rings. The third-order valence-corrected chi connectivity index (χ3v) is 16.2. The molecule has 1 aliphatic rings. The predicted octanol–water partition coefficient (Wildman–Crippen LogP) is 9.13. The number of ketones is 1. The summed E-state index contributed by atoms with van der Waals surface area (Å²) in [5, 5.41) is 15.1. The van der Waals surface area contributed by atoms with Crippen molar-refractivity contribution in [2.24, 2.45) is 17.3 Å². The molecule has 1 N–H and O–H groups in total. The SMILES string of the molecule is CCC(CC)C(=O)/C=C(\O)C(CC)CC.Cc1c2c([c-]c3cc[c]([Ge]([CH3])([CH3])[CH3])cc13)-c1nccc3cc(CC(C)(C)C)cc(c13)[Se]2.[Ir]. The van der Waals surface area contributed by atoms with Crippen LogP contribution in [0.2, 0.25) is 17.3 Å². The number of fused-ring (bicyclic) bond motifs is 3. The van der Waals surface area contributed by atoms with Gasteiger partial charge in [-0.05, 0) is 25.7 Å². The molecule has 0 fully saturated rings. The molecule has 2 heterocycles. The second-order valence-corrected chi connectivity index (χ2v) is 28.0. The molecule has 0 atom stereocenters. The van der Waals surface area contributed by atoms with Gasteiger partial charge in [0.2, 0.25) is 0 Å². The average Bonchev–Trinajstić information content (AvgIpc) is 2.98. The minimum atomic E-state index is -1.88. The topological polar surface area (TPSA) is 50.2 Å². The van der Waals surface area contributed by atoms with Crippen molar-refractivity contribution < 1.29 is 30.0 Å². The first kappa shape index (κ1) is 39.7. The Balaban J connectivity index is 0.000000322. The molecular formula is C41H54GeIrNO2Se-. The van der Waals surface area contributed by atoms with E-state index in [2.05, 4.69) is 87.4 Å².